The lowest BCUT2D eigenvalue weighted by Gasteiger charge is -2.16. The fourth-order valence-electron chi connectivity index (χ4n) is 1.87. The third-order valence-electron chi connectivity index (χ3n) is 2.54. The summed E-state index contributed by atoms with van der Waals surface area (Å²) in [7, 11) is 0. The lowest BCUT2D eigenvalue weighted by molar-refractivity contribution is -0.138. The van der Waals surface area contributed by atoms with E-state index in [4.69, 9.17) is 5.11 Å². The van der Waals surface area contributed by atoms with E-state index < -0.39 is 11.9 Å². The predicted octanol–water partition coefficient (Wildman–Crippen LogP) is 3.64. The number of benzene rings is 1. The molecule has 82 valence electrons. The van der Waals surface area contributed by atoms with Gasteiger partial charge >= 0.3 is 5.97 Å². The zero-order chi connectivity index (χ0) is 11.6. The zero-order valence-electron chi connectivity index (χ0n) is 9.17. The molecule has 0 amide bonds. The minimum absolute atomic E-state index is 0.417. The van der Waals surface area contributed by atoms with Crippen LogP contribution in [0.15, 0.2) is 16.6 Å². The fraction of sp³-hybridized carbons (Fsp3) is 0.417. The van der Waals surface area contributed by atoms with E-state index in [9.17, 15) is 4.79 Å². The standard InChI is InChI=1S/C12H15BrO2/c1-4-9(12(14)15)11-8(3)5-7(2)6-10(11)13/h5-6,9H,4H2,1-3H3,(H,14,15). The summed E-state index contributed by atoms with van der Waals surface area (Å²) >= 11 is 3.44. The van der Waals surface area contributed by atoms with Gasteiger partial charge in [-0.15, -0.1) is 0 Å². The number of carboxylic acids is 1. The molecule has 1 aromatic rings. The maximum Gasteiger partial charge on any atom is 0.311 e. The summed E-state index contributed by atoms with van der Waals surface area (Å²) in [5, 5.41) is 9.12. The van der Waals surface area contributed by atoms with Crippen LogP contribution in [0.1, 0.15) is 36.0 Å². The molecule has 3 heteroatoms. The van der Waals surface area contributed by atoms with Crippen molar-refractivity contribution in [1.29, 1.82) is 0 Å². The monoisotopic (exact) mass is 270 g/mol. The summed E-state index contributed by atoms with van der Waals surface area (Å²) in [6.45, 7) is 5.85. The second-order valence-corrected chi connectivity index (χ2v) is 4.63. The Balaban J connectivity index is 3.29. The highest BCUT2D eigenvalue weighted by Gasteiger charge is 2.22. The average Bonchev–Trinajstić information content (AvgIpc) is 2.09. The first-order chi connectivity index (χ1) is 6.97. The Hall–Kier alpha value is -0.830. The molecule has 0 aliphatic rings. The number of hydrogen-bond donors (Lipinski definition) is 1. The molecule has 0 aliphatic carbocycles. The number of hydrogen-bond acceptors (Lipinski definition) is 1. The summed E-state index contributed by atoms with van der Waals surface area (Å²) < 4.78 is 0.897. The summed E-state index contributed by atoms with van der Waals surface area (Å²) in [5.41, 5.74) is 3.08. The van der Waals surface area contributed by atoms with Crippen LogP contribution in [0.2, 0.25) is 0 Å². The van der Waals surface area contributed by atoms with Gasteiger partial charge in [0.15, 0.2) is 0 Å². The normalized spacial score (nSPS) is 12.5. The molecule has 0 heterocycles. The quantitative estimate of drug-likeness (QED) is 0.911. The fourth-order valence-corrected chi connectivity index (χ4v) is 2.82. The number of halogens is 1. The van der Waals surface area contributed by atoms with Gasteiger partial charge in [-0.25, -0.2) is 0 Å². The molecule has 1 unspecified atom stereocenters. The van der Waals surface area contributed by atoms with Crippen LogP contribution in [0, 0.1) is 13.8 Å². The lowest BCUT2D eigenvalue weighted by Crippen LogP contribution is -2.12. The predicted molar refractivity (Wildman–Crippen MR) is 64.3 cm³/mol. The van der Waals surface area contributed by atoms with Crippen molar-refractivity contribution in [3.63, 3.8) is 0 Å². The molecule has 2 nitrogen and oxygen atoms in total. The number of aliphatic carboxylic acids is 1. The average molecular weight is 271 g/mol. The molecule has 0 aliphatic heterocycles. The molecule has 15 heavy (non-hydrogen) atoms. The minimum atomic E-state index is -0.759. The second kappa shape index (κ2) is 4.79. The van der Waals surface area contributed by atoms with Gasteiger partial charge in [0.2, 0.25) is 0 Å². The lowest BCUT2D eigenvalue weighted by atomic mass is 9.92. The topological polar surface area (TPSA) is 37.3 Å². The first-order valence-electron chi connectivity index (χ1n) is 4.96. The van der Waals surface area contributed by atoms with Gasteiger partial charge in [0.1, 0.15) is 0 Å². The Morgan fingerprint density at radius 3 is 2.47 bits per heavy atom. The number of carbonyl (C=O) groups is 1. The highest BCUT2D eigenvalue weighted by atomic mass is 79.9. The smallest absolute Gasteiger partial charge is 0.311 e. The Morgan fingerprint density at radius 2 is 2.07 bits per heavy atom. The Morgan fingerprint density at radius 1 is 1.47 bits per heavy atom. The van der Waals surface area contributed by atoms with Crippen LogP contribution in [0.4, 0.5) is 0 Å². The third kappa shape index (κ3) is 2.59. The van der Waals surface area contributed by atoms with Gasteiger partial charge < -0.3 is 5.11 Å². The van der Waals surface area contributed by atoms with Gasteiger partial charge in [-0.05, 0) is 43.0 Å². The van der Waals surface area contributed by atoms with Crippen molar-refractivity contribution in [3.8, 4) is 0 Å². The molecule has 1 rings (SSSR count). The van der Waals surface area contributed by atoms with Crippen LogP contribution in [-0.4, -0.2) is 11.1 Å². The number of aryl methyl sites for hydroxylation is 2. The van der Waals surface area contributed by atoms with E-state index in [0.29, 0.717) is 6.42 Å². The molecule has 0 fully saturated rings. The highest BCUT2D eigenvalue weighted by molar-refractivity contribution is 9.10. The summed E-state index contributed by atoms with van der Waals surface area (Å²) in [5.74, 6) is -1.18. The van der Waals surface area contributed by atoms with E-state index in [1.54, 1.807) is 0 Å². The second-order valence-electron chi connectivity index (χ2n) is 3.78. The van der Waals surface area contributed by atoms with E-state index in [0.717, 1.165) is 21.2 Å². The Labute approximate surface area is 98.4 Å². The molecule has 0 spiro atoms. The van der Waals surface area contributed by atoms with Gasteiger partial charge in [0.05, 0.1) is 5.92 Å². The zero-order valence-corrected chi connectivity index (χ0v) is 10.8. The van der Waals surface area contributed by atoms with Gasteiger partial charge in [-0.3, -0.25) is 4.79 Å². The first kappa shape index (κ1) is 12.2. The highest BCUT2D eigenvalue weighted by Crippen LogP contribution is 2.31. The van der Waals surface area contributed by atoms with Crippen molar-refractivity contribution in [2.24, 2.45) is 0 Å². The van der Waals surface area contributed by atoms with E-state index in [-0.39, 0.29) is 0 Å². The van der Waals surface area contributed by atoms with Crippen molar-refractivity contribution < 1.29 is 9.90 Å². The molecule has 1 atom stereocenters. The van der Waals surface area contributed by atoms with E-state index >= 15 is 0 Å². The van der Waals surface area contributed by atoms with Crippen LogP contribution in [0.3, 0.4) is 0 Å². The van der Waals surface area contributed by atoms with Gasteiger partial charge in [0.25, 0.3) is 0 Å². The molecule has 1 N–H and O–H groups in total. The molecule has 0 aromatic heterocycles. The molecule has 0 bridgehead atoms. The SMILES string of the molecule is CCC(C(=O)O)c1c(C)cc(C)cc1Br. The van der Waals surface area contributed by atoms with Gasteiger partial charge in [-0.2, -0.15) is 0 Å². The molecular weight excluding hydrogens is 256 g/mol. The molecule has 1 aromatic carbocycles. The van der Waals surface area contributed by atoms with Crippen LogP contribution in [0.5, 0.6) is 0 Å². The minimum Gasteiger partial charge on any atom is -0.481 e. The van der Waals surface area contributed by atoms with Crippen LogP contribution < -0.4 is 0 Å². The maximum atomic E-state index is 11.1. The molecule has 0 saturated carbocycles. The van der Waals surface area contributed by atoms with Crippen LogP contribution >= 0.6 is 15.9 Å². The molecular formula is C12H15BrO2. The first-order valence-corrected chi connectivity index (χ1v) is 5.76. The summed E-state index contributed by atoms with van der Waals surface area (Å²) in [4.78, 5) is 11.1. The number of carboxylic acid groups (broad SMARTS) is 1. The van der Waals surface area contributed by atoms with Crippen molar-refractivity contribution in [1.82, 2.24) is 0 Å². The molecule has 0 saturated heterocycles. The van der Waals surface area contributed by atoms with E-state index in [1.165, 1.54) is 0 Å². The van der Waals surface area contributed by atoms with Gasteiger partial charge in [0, 0.05) is 4.47 Å². The summed E-state index contributed by atoms with van der Waals surface area (Å²) in [6.07, 6.45) is 0.609. The Kier molecular flexibility index (Phi) is 3.91. The van der Waals surface area contributed by atoms with Crippen molar-refractivity contribution in [3.05, 3.63) is 33.3 Å². The van der Waals surface area contributed by atoms with Crippen molar-refractivity contribution in [2.75, 3.05) is 0 Å². The third-order valence-corrected chi connectivity index (χ3v) is 3.19. The number of rotatable bonds is 3. The van der Waals surface area contributed by atoms with E-state index in [2.05, 4.69) is 15.9 Å². The van der Waals surface area contributed by atoms with Crippen molar-refractivity contribution in [2.45, 2.75) is 33.1 Å². The van der Waals surface area contributed by atoms with Crippen LogP contribution in [-0.2, 0) is 4.79 Å². The van der Waals surface area contributed by atoms with Crippen LogP contribution in [0.25, 0.3) is 0 Å². The maximum absolute atomic E-state index is 11.1. The largest absolute Gasteiger partial charge is 0.481 e. The van der Waals surface area contributed by atoms with Crippen molar-refractivity contribution >= 4 is 21.9 Å². The van der Waals surface area contributed by atoms with Gasteiger partial charge in [-0.1, -0.05) is 28.9 Å². The molecule has 0 radical (unpaired) electrons. The van der Waals surface area contributed by atoms with E-state index in [1.807, 2.05) is 32.9 Å². The Bertz CT molecular complexity index is 362. The summed E-state index contributed by atoms with van der Waals surface area (Å²) in [6, 6.07) is 3.99.